The molecule has 2 aromatic carbocycles. The molecule has 2 amide bonds. The Labute approximate surface area is 173 Å². The van der Waals surface area contributed by atoms with Gasteiger partial charge >= 0.3 is 0 Å². The lowest BCUT2D eigenvalue weighted by atomic mass is 9.93. The molecule has 0 radical (unpaired) electrons. The van der Waals surface area contributed by atoms with E-state index in [2.05, 4.69) is 17.4 Å². The van der Waals surface area contributed by atoms with Crippen LogP contribution in [0.4, 0.5) is 5.69 Å². The molecular formula is C22H22N2O2S2. The van der Waals surface area contributed by atoms with E-state index >= 15 is 0 Å². The van der Waals surface area contributed by atoms with E-state index in [4.69, 9.17) is 0 Å². The molecule has 2 aromatic rings. The zero-order valence-electron chi connectivity index (χ0n) is 15.6. The van der Waals surface area contributed by atoms with E-state index in [9.17, 15) is 9.59 Å². The van der Waals surface area contributed by atoms with Gasteiger partial charge in [0.2, 0.25) is 11.8 Å². The number of amides is 2. The van der Waals surface area contributed by atoms with Gasteiger partial charge in [-0.25, -0.2) is 0 Å². The lowest BCUT2D eigenvalue weighted by molar-refractivity contribution is -0.129. The minimum absolute atomic E-state index is 0.0687. The van der Waals surface area contributed by atoms with Crippen molar-refractivity contribution in [2.45, 2.75) is 24.0 Å². The summed E-state index contributed by atoms with van der Waals surface area (Å²) in [5.74, 6) is 2.18. The van der Waals surface area contributed by atoms with Crippen LogP contribution < -0.4 is 5.32 Å². The summed E-state index contributed by atoms with van der Waals surface area (Å²) in [6, 6.07) is 15.7. The summed E-state index contributed by atoms with van der Waals surface area (Å²) >= 11 is 3.89. The number of carbonyl (C=O) groups is 2. The Bertz CT molecular complexity index is 922. The minimum atomic E-state index is -0.289. The van der Waals surface area contributed by atoms with Gasteiger partial charge in [0.1, 0.15) is 0 Å². The van der Waals surface area contributed by atoms with Gasteiger partial charge in [0.25, 0.3) is 0 Å². The number of hydrogen-bond donors (Lipinski definition) is 1. The van der Waals surface area contributed by atoms with Crippen molar-refractivity contribution >= 4 is 47.1 Å². The van der Waals surface area contributed by atoms with Crippen LogP contribution in [0.5, 0.6) is 0 Å². The third-order valence-electron chi connectivity index (χ3n) is 4.91. The van der Waals surface area contributed by atoms with Gasteiger partial charge in [-0.3, -0.25) is 9.59 Å². The molecular weight excluding hydrogens is 388 g/mol. The maximum absolute atomic E-state index is 12.8. The average molecular weight is 411 g/mol. The highest BCUT2D eigenvalue weighted by molar-refractivity contribution is 8.19. The number of nitrogens with zero attached hydrogens (tertiary/aromatic N) is 1. The molecule has 144 valence electrons. The number of benzene rings is 2. The van der Waals surface area contributed by atoms with E-state index < -0.39 is 0 Å². The molecule has 6 heteroatoms. The van der Waals surface area contributed by atoms with Crippen molar-refractivity contribution in [2.75, 3.05) is 16.8 Å². The first-order valence-corrected chi connectivity index (χ1v) is 11.4. The minimum Gasteiger partial charge on any atom is -0.326 e. The molecule has 0 bridgehead atoms. The van der Waals surface area contributed by atoms with Gasteiger partial charge < -0.3 is 10.2 Å². The Morgan fingerprint density at radius 3 is 2.68 bits per heavy atom. The predicted octanol–water partition coefficient (Wildman–Crippen LogP) is 5.07. The van der Waals surface area contributed by atoms with Crippen LogP contribution in [0.25, 0.3) is 6.08 Å². The highest BCUT2D eigenvalue weighted by Gasteiger charge is 2.28. The molecule has 28 heavy (non-hydrogen) atoms. The Kier molecular flexibility index (Phi) is 5.78. The fourth-order valence-electron chi connectivity index (χ4n) is 3.61. The Balaban J connectivity index is 1.50. The number of anilines is 1. The molecule has 2 aliphatic heterocycles. The van der Waals surface area contributed by atoms with Crippen LogP contribution in [0, 0.1) is 0 Å². The number of fused-ring (bicyclic) bond motifs is 1. The topological polar surface area (TPSA) is 49.4 Å². The molecule has 1 saturated heterocycles. The van der Waals surface area contributed by atoms with Crippen LogP contribution in [0.3, 0.4) is 0 Å². The lowest BCUT2D eigenvalue weighted by Crippen LogP contribution is -2.33. The standard InChI is InChI=1S/C22H22N2O2S2/c1-15(25)24-10-9-16-5-2-3-8-19(16)20(24)14-21(26)23-18-7-4-6-17(13-18)22-27-11-12-28-22/h2-10,13,20,22H,11-12,14H2,1H3,(H,23,26)/t20-/m0/s1. The zero-order chi connectivity index (χ0) is 19.5. The third-order valence-corrected chi connectivity index (χ3v) is 8.02. The van der Waals surface area contributed by atoms with Gasteiger partial charge in [-0.15, -0.1) is 23.5 Å². The number of thioether (sulfide) groups is 2. The van der Waals surface area contributed by atoms with Gasteiger partial charge in [-0.1, -0.05) is 36.4 Å². The molecule has 0 unspecified atom stereocenters. The van der Waals surface area contributed by atoms with Crippen molar-refractivity contribution in [2.24, 2.45) is 0 Å². The normalized spacial score (nSPS) is 18.8. The van der Waals surface area contributed by atoms with Crippen LogP contribution in [0.15, 0.2) is 54.7 Å². The summed E-state index contributed by atoms with van der Waals surface area (Å²) in [6.07, 6.45) is 3.92. The Morgan fingerprint density at radius 1 is 1.11 bits per heavy atom. The van der Waals surface area contributed by atoms with E-state index in [-0.39, 0.29) is 24.3 Å². The highest BCUT2D eigenvalue weighted by atomic mass is 32.2. The van der Waals surface area contributed by atoms with Gasteiger partial charge in [0.15, 0.2) is 0 Å². The van der Waals surface area contributed by atoms with Crippen LogP contribution >= 0.6 is 23.5 Å². The van der Waals surface area contributed by atoms with Crippen LogP contribution in [-0.4, -0.2) is 28.2 Å². The van der Waals surface area contributed by atoms with E-state index in [0.29, 0.717) is 4.58 Å². The molecule has 4 rings (SSSR count). The third kappa shape index (κ3) is 4.13. The Morgan fingerprint density at radius 2 is 1.89 bits per heavy atom. The monoisotopic (exact) mass is 410 g/mol. The van der Waals surface area contributed by atoms with E-state index in [0.717, 1.165) is 16.8 Å². The first kappa shape index (κ1) is 19.2. The molecule has 2 heterocycles. The maximum Gasteiger partial charge on any atom is 0.226 e. The largest absolute Gasteiger partial charge is 0.326 e. The molecule has 0 aliphatic carbocycles. The van der Waals surface area contributed by atoms with Crippen molar-refractivity contribution in [3.63, 3.8) is 0 Å². The van der Waals surface area contributed by atoms with Crippen molar-refractivity contribution in [3.8, 4) is 0 Å². The number of rotatable bonds is 4. The summed E-state index contributed by atoms with van der Waals surface area (Å²) < 4.78 is 0.445. The second-order valence-electron chi connectivity index (χ2n) is 6.84. The second-order valence-corrected chi connectivity index (χ2v) is 9.56. The summed E-state index contributed by atoms with van der Waals surface area (Å²) in [4.78, 5) is 26.5. The van der Waals surface area contributed by atoms with Crippen LogP contribution in [0.2, 0.25) is 0 Å². The molecule has 1 fully saturated rings. The Hall–Kier alpha value is -2.18. The molecule has 1 N–H and O–H groups in total. The van der Waals surface area contributed by atoms with Crippen molar-refractivity contribution in [3.05, 3.63) is 71.4 Å². The molecule has 0 saturated carbocycles. The van der Waals surface area contributed by atoms with Crippen molar-refractivity contribution < 1.29 is 9.59 Å². The fourth-order valence-corrected chi connectivity index (χ4v) is 6.45. The van der Waals surface area contributed by atoms with Gasteiger partial charge in [0, 0.05) is 30.3 Å². The van der Waals surface area contributed by atoms with Crippen LogP contribution in [0.1, 0.15) is 40.7 Å². The SMILES string of the molecule is CC(=O)N1C=Cc2ccccc2[C@@H]1CC(=O)Nc1cccc(C2SCCS2)c1. The summed E-state index contributed by atoms with van der Waals surface area (Å²) in [6.45, 7) is 1.53. The smallest absolute Gasteiger partial charge is 0.226 e. The first-order valence-electron chi connectivity index (χ1n) is 9.31. The van der Waals surface area contributed by atoms with Gasteiger partial charge in [0.05, 0.1) is 17.0 Å². The first-order chi connectivity index (χ1) is 13.6. The zero-order valence-corrected chi connectivity index (χ0v) is 17.3. The summed E-state index contributed by atoms with van der Waals surface area (Å²) in [5, 5.41) is 3.02. The number of hydrogen-bond acceptors (Lipinski definition) is 4. The molecule has 1 atom stereocenters. The highest BCUT2D eigenvalue weighted by Crippen LogP contribution is 2.45. The lowest BCUT2D eigenvalue weighted by Gasteiger charge is -2.32. The summed E-state index contributed by atoms with van der Waals surface area (Å²) in [7, 11) is 0. The maximum atomic E-state index is 12.8. The predicted molar refractivity (Wildman–Crippen MR) is 118 cm³/mol. The fraction of sp³-hybridized carbons (Fsp3) is 0.273. The number of nitrogens with one attached hydrogen (secondary N) is 1. The molecule has 2 aliphatic rings. The summed E-state index contributed by atoms with van der Waals surface area (Å²) in [5.41, 5.74) is 4.10. The molecule has 0 aromatic heterocycles. The van der Waals surface area contributed by atoms with Crippen molar-refractivity contribution in [1.29, 1.82) is 0 Å². The van der Waals surface area contributed by atoms with Crippen LogP contribution in [-0.2, 0) is 9.59 Å². The molecule has 4 nitrogen and oxygen atoms in total. The van der Waals surface area contributed by atoms with Gasteiger partial charge in [-0.2, -0.15) is 0 Å². The second kappa shape index (κ2) is 8.45. The van der Waals surface area contributed by atoms with Gasteiger partial charge in [-0.05, 0) is 34.9 Å². The number of carbonyl (C=O) groups excluding carboxylic acids is 2. The molecule has 0 spiro atoms. The van der Waals surface area contributed by atoms with E-state index in [1.54, 1.807) is 11.1 Å². The van der Waals surface area contributed by atoms with E-state index in [1.807, 2.05) is 66.0 Å². The van der Waals surface area contributed by atoms with E-state index in [1.165, 1.54) is 24.0 Å². The van der Waals surface area contributed by atoms with Crippen molar-refractivity contribution in [1.82, 2.24) is 4.90 Å². The quantitative estimate of drug-likeness (QED) is 0.765. The average Bonchev–Trinajstić information content (AvgIpc) is 3.23.